The van der Waals surface area contributed by atoms with E-state index in [2.05, 4.69) is 20.4 Å². The summed E-state index contributed by atoms with van der Waals surface area (Å²) in [5, 5.41) is 11.8. The summed E-state index contributed by atoms with van der Waals surface area (Å²) < 4.78 is 20.2. The van der Waals surface area contributed by atoms with Crippen LogP contribution in [0.15, 0.2) is 54.6 Å². The van der Waals surface area contributed by atoms with Crippen LogP contribution in [0.2, 0.25) is 0 Å². The van der Waals surface area contributed by atoms with Crippen molar-refractivity contribution in [2.24, 2.45) is 0 Å². The summed E-state index contributed by atoms with van der Waals surface area (Å²) >= 11 is 0. The predicted octanol–water partition coefficient (Wildman–Crippen LogP) is 2.17. The minimum Gasteiger partial charge on any atom is -0.497 e. The van der Waals surface area contributed by atoms with Crippen LogP contribution < -0.4 is 4.74 Å². The van der Waals surface area contributed by atoms with Crippen molar-refractivity contribution < 1.29 is 13.9 Å². The van der Waals surface area contributed by atoms with Gasteiger partial charge in [0.1, 0.15) is 11.6 Å². The average molecular weight is 422 g/mol. The third-order valence-electron chi connectivity index (χ3n) is 5.17. The Morgan fingerprint density at radius 1 is 1.13 bits per heavy atom. The van der Waals surface area contributed by atoms with E-state index in [-0.39, 0.29) is 11.7 Å². The Morgan fingerprint density at radius 2 is 1.90 bits per heavy atom. The van der Waals surface area contributed by atoms with Crippen LogP contribution in [0.5, 0.6) is 5.75 Å². The molecule has 1 aromatic heterocycles. The first-order valence-electron chi connectivity index (χ1n) is 9.99. The Labute approximate surface area is 179 Å². The van der Waals surface area contributed by atoms with Crippen LogP contribution >= 0.6 is 0 Å². The molecule has 1 fully saturated rings. The third-order valence-corrected chi connectivity index (χ3v) is 5.17. The van der Waals surface area contributed by atoms with Crippen molar-refractivity contribution >= 4 is 12.0 Å². The van der Waals surface area contributed by atoms with Gasteiger partial charge in [0, 0.05) is 32.3 Å². The minimum absolute atomic E-state index is 0.0138. The third kappa shape index (κ3) is 5.13. The highest BCUT2D eigenvalue weighted by atomic mass is 19.1. The number of carbonyl (C=O) groups excluding carboxylic acids is 1. The molecule has 9 heteroatoms. The highest BCUT2D eigenvalue weighted by Crippen LogP contribution is 2.14. The lowest BCUT2D eigenvalue weighted by molar-refractivity contribution is -0.127. The zero-order valence-electron chi connectivity index (χ0n) is 17.2. The fraction of sp³-hybridized carbons (Fsp3) is 0.273. The molecule has 0 atom stereocenters. The first kappa shape index (κ1) is 20.7. The van der Waals surface area contributed by atoms with Gasteiger partial charge in [0.05, 0.1) is 19.3 Å². The smallest absolute Gasteiger partial charge is 0.246 e. The second-order valence-electron chi connectivity index (χ2n) is 7.19. The van der Waals surface area contributed by atoms with Crippen molar-refractivity contribution in [2.75, 3.05) is 33.3 Å². The number of ether oxygens (including phenoxy) is 1. The Kier molecular flexibility index (Phi) is 6.32. The van der Waals surface area contributed by atoms with Crippen LogP contribution in [0.4, 0.5) is 4.39 Å². The van der Waals surface area contributed by atoms with Crippen molar-refractivity contribution in [3.05, 3.63) is 71.8 Å². The van der Waals surface area contributed by atoms with Crippen LogP contribution in [-0.2, 0) is 11.3 Å². The number of nitrogens with zero attached hydrogens (tertiary/aromatic N) is 6. The van der Waals surface area contributed by atoms with Gasteiger partial charge in [-0.2, -0.15) is 4.68 Å². The van der Waals surface area contributed by atoms with Gasteiger partial charge in [-0.05, 0) is 52.4 Å². The molecule has 4 rings (SSSR count). The van der Waals surface area contributed by atoms with Crippen LogP contribution in [0.25, 0.3) is 11.8 Å². The van der Waals surface area contributed by atoms with E-state index in [0.29, 0.717) is 44.2 Å². The molecule has 31 heavy (non-hydrogen) atoms. The number of hydrogen-bond acceptors (Lipinski definition) is 6. The molecule has 0 unspecified atom stereocenters. The van der Waals surface area contributed by atoms with Gasteiger partial charge in [-0.1, -0.05) is 18.2 Å². The van der Waals surface area contributed by atoms with Crippen LogP contribution in [0.3, 0.4) is 0 Å². The first-order valence-corrected chi connectivity index (χ1v) is 9.99. The molecule has 8 nitrogen and oxygen atoms in total. The number of tetrazole rings is 1. The van der Waals surface area contributed by atoms with Gasteiger partial charge < -0.3 is 9.64 Å². The summed E-state index contributed by atoms with van der Waals surface area (Å²) in [6.07, 6.45) is 3.41. The number of piperazine rings is 1. The van der Waals surface area contributed by atoms with E-state index in [1.165, 1.54) is 16.8 Å². The molecule has 1 aliphatic heterocycles. The number of hydrogen-bond donors (Lipinski definition) is 0. The standard InChI is InChI=1S/C22H23FN6O2/c1-31-20-8-5-17(6-9-20)7-10-22(30)28-13-11-27(12-14-28)16-21-24-25-26-29(21)19-4-2-3-18(23)15-19/h2-10,15H,11-14,16H2,1H3/b10-7-. The molecular weight excluding hydrogens is 399 g/mol. The lowest BCUT2D eigenvalue weighted by Gasteiger charge is -2.33. The molecule has 1 saturated heterocycles. The number of benzene rings is 2. The van der Waals surface area contributed by atoms with Crippen LogP contribution in [-0.4, -0.2) is 69.2 Å². The summed E-state index contributed by atoms with van der Waals surface area (Å²) in [7, 11) is 1.62. The molecular formula is C22H23FN6O2. The van der Waals surface area contributed by atoms with Gasteiger partial charge in [0.15, 0.2) is 5.82 Å². The highest BCUT2D eigenvalue weighted by molar-refractivity contribution is 5.91. The summed E-state index contributed by atoms with van der Waals surface area (Å²) in [5.74, 6) is 1.06. The van der Waals surface area contributed by atoms with Gasteiger partial charge >= 0.3 is 0 Å². The van der Waals surface area contributed by atoms with Crippen molar-refractivity contribution in [3.8, 4) is 11.4 Å². The van der Waals surface area contributed by atoms with Gasteiger partial charge in [0.2, 0.25) is 5.91 Å². The summed E-state index contributed by atoms with van der Waals surface area (Å²) in [4.78, 5) is 16.5. The van der Waals surface area contributed by atoms with Crippen molar-refractivity contribution in [2.45, 2.75) is 6.54 Å². The molecule has 160 valence electrons. The molecule has 0 N–H and O–H groups in total. The largest absolute Gasteiger partial charge is 0.497 e. The monoisotopic (exact) mass is 422 g/mol. The Balaban J connectivity index is 1.31. The fourth-order valence-corrected chi connectivity index (χ4v) is 3.43. The molecule has 3 aromatic rings. The second-order valence-corrected chi connectivity index (χ2v) is 7.19. The maximum absolute atomic E-state index is 13.5. The zero-order chi connectivity index (χ0) is 21.6. The molecule has 1 aliphatic rings. The molecule has 0 bridgehead atoms. The van der Waals surface area contributed by atoms with Crippen LogP contribution in [0.1, 0.15) is 11.4 Å². The lowest BCUT2D eigenvalue weighted by Crippen LogP contribution is -2.48. The van der Waals surface area contributed by atoms with Crippen molar-refractivity contribution in [1.82, 2.24) is 30.0 Å². The number of halogens is 1. The average Bonchev–Trinajstić information content (AvgIpc) is 3.26. The van der Waals surface area contributed by atoms with Gasteiger partial charge in [-0.15, -0.1) is 5.10 Å². The summed E-state index contributed by atoms with van der Waals surface area (Å²) in [6.45, 7) is 3.17. The molecule has 0 aliphatic carbocycles. The molecule has 2 aromatic carbocycles. The quantitative estimate of drug-likeness (QED) is 0.567. The van der Waals surface area contributed by atoms with E-state index in [0.717, 1.165) is 11.3 Å². The molecule has 1 amide bonds. The predicted molar refractivity (Wildman–Crippen MR) is 113 cm³/mol. The highest BCUT2D eigenvalue weighted by Gasteiger charge is 2.21. The maximum atomic E-state index is 13.5. The molecule has 2 heterocycles. The van der Waals surface area contributed by atoms with E-state index >= 15 is 0 Å². The van der Waals surface area contributed by atoms with Gasteiger partial charge in [-0.25, -0.2) is 4.39 Å². The number of amides is 1. The van der Waals surface area contributed by atoms with E-state index in [1.54, 1.807) is 31.4 Å². The number of methoxy groups -OCH3 is 1. The van der Waals surface area contributed by atoms with Gasteiger partial charge in [-0.3, -0.25) is 9.69 Å². The van der Waals surface area contributed by atoms with Crippen molar-refractivity contribution in [1.29, 1.82) is 0 Å². The molecule has 0 saturated carbocycles. The fourth-order valence-electron chi connectivity index (χ4n) is 3.43. The van der Waals surface area contributed by atoms with Gasteiger partial charge in [0.25, 0.3) is 0 Å². The van der Waals surface area contributed by atoms with Crippen molar-refractivity contribution in [3.63, 3.8) is 0 Å². The van der Waals surface area contributed by atoms with Crippen LogP contribution in [0, 0.1) is 5.82 Å². The van der Waals surface area contributed by atoms with E-state index in [1.807, 2.05) is 29.2 Å². The topological polar surface area (TPSA) is 76.4 Å². The second kappa shape index (κ2) is 9.48. The number of rotatable bonds is 6. The SMILES string of the molecule is COc1ccc(/C=C\C(=O)N2CCN(Cc3nnnn3-c3cccc(F)c3)CC2)cc1. The Bertz CT molecular complexity index is 1060. The van der Waals surface area contributed by atoms with E-state index in [9.17, 15) is 9.18 Å². The Morgan fingerprint density at radius 3 is 2.61 bits per heavy atom. The normalized spacial score (nSPS) is 14.8. The van der Waals surface area contributed by atoms with E-state index < -0.39 is 0 Å². The summed E-state index contributed by atoms with van der Waals surface area (Å²) in [6, 6.07) is 13.7. The number of carbonyl (C=O) groups is 1. The minimum atomic E-state index is -0.339. The summed E-state index contributed by atoms with van der Waals surface area (Å²) in [5.41, 5.74) is 1.52. The molecule has 0 spiro atoms. The zero-order valence-corrected chi connectivity index (χ0v) is 17.2. The maximum Gasteiger partial charge on any atom is 0.246 e. The molecule has 0 radical (unpaired) electrons. The van der Waals surface area contributed by atoms with E-state index in [4.69, 9.17) is 4.74 Å². The first-order chi connectivity index (χ1) is 15.1. The Hall–Kier alpha value is -3.59. The number of aromatic nitrogens is 4. The lowest BCUT2D eigenvalue weighted by atomic mass is 10.2.